The number of aryl methyl sites for hydroxylation is 2. The summed E-state index contributed by atoms with van der Waals surface area (Å²) in [6, 6.07) is 25.4. The predicted octanol–water partition coefficient (Wildman–Crippen LogP) is 6.90. The van der Waals surface area contributed by atoms with Gasteiger partial charge in [0.05, 0.1) is 11.2 Å². The van der Waals surface area contributed by atoms with Crippen LogP contribution in [0.2, 0.25) is 0 Å². The maximum Gasteiger partial charge on any atom is 0.150 e. The lowest BCUT2D eigenvalue weighted by atomic mass is 9.86. The third-order valence-electron chi connectivity index (χ3n) is 6.52. The second-order valence-corrected chi connectivity index (χ2v) is 8.24. The first-order valence-corrected chi connectivity index (χ1v) is 10.6. The number of hydrogen-bond donors (Lipinski definition) is 0. The lowest BCUT2D eigenvalue weighted by Crippen LogP contribution is -2.03. The van der Waals surface area contributed by atoms with Gasteiger partial charge in [-0.25, -0.2) is 4.98 Å². The quantitative estimate of drug-likeness (QED) is 0.244. The summed E-state index contributed by atoms with van der Waals surface area (Å²) >= 11 is 0. The van der Waals surface area contributed by atoms with Crippen LogP contribution in [-0.4, -0.2) is 11.3 Å². The molecule has 0 unspecified atom stereocenters. The molecule has 4 aromatic carbocycles. The van der Waals surface area contributed by atoms with E-state index in [-0.39, 0.29) is 0 Å². The fourth-order valence-electron chi connectivity index (χ4n) is 5.01. The Bertz CT molecular complexity index is 1460. The Hall–Kier alpha value is -3.52. The van der Waals surface area contributed by atoms with Gasteiger partial charge in [-0.3, -0.25) is 4.79 Å². The molecule has 0 aliphatic heterocycles. The van der Waals surface area contributed by atoms with Gasteiger partial charge in [-0.2, -0.15) is 0 Å². The van der Waals surface area contributed by atoms with Crippen molar-refractivity contribution in [1.29, 1.82) is 0 Å². The molecule has 0 radical (unpaired) electrons. The second-order valence-electron chi connectivity index (χ2n) is 8.24. The number of carbonyl (C=O) groups excluding carboxylic acids is 1. The molecule has 0 fully saturated rings. The van der Waals surface area contributed by atoms with Crippen LogP contribution < -0.4 is 0 Å². The van der Waals surface area contributed by atoms with Crippen LogP contribution in [0.4, 0.5) is 0 Å². The van der Waals surface area contributed by atoms with Gasteiger partial charge in [-0.15, -0.1) is 0 Å². The minimum atomic E-state index is 0.681. The minimum absolute atomic E-state index is 0.681. The van der Waals surface area contributed by atoms with Crippen molar-refractivity contribution in [3.8, 4) is 11.3 Å². The van der Waals surface area contributed by atoms with Gasteiger partial charge in [0.2, 0.25) is 0 Å². The average molecular weight is 387 g/mol. The fourth-order valence-corrected chi connectivity index (χ4v) is 5.01. The number of aldehydes is 1. The van der Waals surface area contributed by atoms with E-state index >= 15 is 0 Å². The van der Waals surface area contributed by atoms with Gasteiger partial charge >= 0.3 is 0 Å². The van der Waals surface area contributed by atoms with Gasteiger partial charge in [0.15, 0.2) is 6.29 Å². The van der Waals surface area contributed by atoms with Gasteiger partial charge in [0.1, 0.15) is 0 Å². The number of nitrogens with zero attached hydrogens (tertiary/aromatic N) is 1. The van der Waals surface area contributed by atoms with Gasteiger partial charge in [-0.1, -0.05) is 54.6 Å². The highest BCUT2D eigenvalue weighted by molar-refractivity contribution is 6.10. The molecule has 0 saturated heterocycles. The third-order valence-corrected chi connectivity index (χ3v) is 6.52. The molecule has 0 bridgehead atoms. The molecule has 2 nitrogen and oxygen atoms in total. The highest BCUT2D eigenvalue weighted by Gasteiger charge is 2.14. The first-order chi connectivity index (χ1) is 14.8. The molecule has 2 heteroatoms. The standard InChI is InChI=1S/C28H21NO/c30-17-21-16-28(29-27-8-4-3-7-24(21)27)20-11-12-23-19(15-20)10-14-25-22-6-2-1-5-18(22)9-13-26(23)25/h3-4,7-17H,1-2,5-6H2. The Balaban J connectivity index is 1.55. The normalized spacial score (nSPS) is 13.6. The summed E-state index contributed by atoms with van der Waals surface area (Å²) < 4.78 is 0. The highest BCUT2D eigenvalue weighted by atomic mass is 16.1. The molecule has 6 rings (SSSR count). The van der Waals surface area contributed by atoms with Crippen LogP contribution in [-0.2, 0) is 12.8 Å². The maximum absolute atomic E-state index is 11.7. The average Bonchev–Trinajstić information content (AvgIpc) is 2.82. The highest BCUT2D eigenvalue weighted by Crippen LogP contribution is 2.35. The minimum Gasteiger partial charge on any atom is -0.298 e. The van der Waals surface area contributed by atoms with E-state index in [0.717, 1.165) is 28.4 Å². The van der Waals surface area contributed by atoms with Crippen molar-refractivity contribution in [2.45, 2.75) is 25.7 Å². The molecule has 30 heavy (non-hydrogen) atoms. The third kappa shape index (κ3) is 2.64. The van der Waals surface area contributed by atoms with E-state index in [1.165, 1.54) is 58.4 Å². The summed E-state index contributed by atoms with van der Waals surface area (Å²) in [7, 11) is 0. The van der Waals surface area contributed by atoms with Crippen molar-refractivity contribution in [2.24, 2.45) is 0 Å². The second kappa shape index (κ2) is 6.77. The van der Waals surface area contributed by atoms with Crippen LogP contribution in [0.15, 0.2) is 72.8 Å². The van der Waals surface area contributed by atoms with E-state index in [4.69, 9.17) is 4.98 Å². The summed E-state index contributed by atoms with van der Waals surface area (Å²) in [5, 5.41) is 6.12. The smallest absolute Gasteiger partial charge is 0.150 e. The lowest BCUT2D eigenvalue weighted by Gasteiger charge is -2.19. The molecule has 0 N–H and O–H groups in total. The van der Waals surface area contributed by atoms with E-state index in [2.05, 4.69) is 42.5 Å². The van der Waals surface area contributed by atoms with Crippen LogP contribution in [0.3, 0.4) is 0 Å². The first kappa shape index (κ1) is 17.3. The van der Waals surface area contributed by atoms with E-state index < -0.39 is 0 Å². The number of aromatic nitrogens is 1. The Labute approximate surface area is 175 Å². The molecule has 0 amide bonds. The number of pyridine rings is 1. The molecule has 0 atom stereocenters. The number of carbonyl (C=O) groups is 1. The maximum atomic E-state index is 11.7. The molecule has 0 spiro atoms. The van der Waals surface area contributed by atoms with Gasteiger partial charge < -0.3 is 0 Å². The summed E-state index contributed by atoms with van der Waals surface area (Å²) in [5.74, 6) is 0. The zero-order chi connectivity index (χ0) is 20.1. The molecule has 1 aliphatic carbocycles. The molecule has 5 aromatic rings. The molecule has 1 aliphatic rings. The van der Waals surface area contributed by atoms with E-state index in [0.29, 0.717) is 5.56 Å². The topological polar surface area (TPSA) is 30.0 Å². The van der Waals surface area contributed by atoms with E-state index in [9.17, 15) is 4.79 Å². The molecule has 1 heterocycles. The number of benzene rings is 4. The molecule has 0 saturated carbocycles. The van der Waals surface area contributed by atoms with Gasteiger partial charge in [0.25, 0.3) is 0 Å². The Morgan fingerprint density at radius 3 is 2.50 bits per heavy atom. The SMILES string of the molecule is O=Cc1cc(-c2ccc3c(ccc4c5c(ccc43)CCCC5)c2)nc2ccccc12. The number of fused-ring (bicyclic) bond motifs is 6. The molecular formula is C28H21NO. The first-order valence-electron chi connectivity index (χ1n) is 10.6. The summed E-state index contributed by atoms with van der Waals surface area (Å²) in [5.41, 5.74) is 6.46. The number of hydrogen-bond acceptors (Lipinski definition) is 2. The van der Waals surface area contributed by atoms with Crippen LogP contribution in [0, 0.1) is 0 Å². The Kier molecular flexibility index (Phi) is 3.92. The van der Waals surface area contributed by atoms with Crippen molar-refractivity contribution in [1.82, 2.24) is 4.98 Å². The van der Waals surface area contributed by atoms with E-state index in [1.807, 2.05) is 30.3 Å². The van der Waals surface area contributed by atoms with Gasteiger partial charge in [0, 0.05) is 16.5 Å². The molecular weight excluding hydrogens is 366 g/mol. The number of para-hydroxylation sites is 1. The monoisotopic (exact) mass is 387 g/mol. The number of rotatable bonds is 2. The van der Waals surface area contributed by atoms with Crippen molar-refractivity contribution < 1.29 is 4.79 Å². The zero-order valence-corrected chi connectivity index (χ0v) is 16.7. The van der Waals surface area contributed by atoms with Crippen LogP contribution in [0.25, 0.3) is 43.7 Å². The summed E-state index contributed by atoms with van der Waals surface area (Å²) in [6.45, 7) is 0. The Morgan fingerprint density at radius 1 is 0.733 bits per heavy atom. The fraction of sp³-hybridized carbons (Fsp3) is 0.143. The lowest BCUT2D eigenvalue weighted by molar-refractivity contribution is 0.112. The summed E-state index contributed by atoms with van der Waals surface area (Å²) in [4.78, 5) is 16.5. The van der Waals surface area contributed by atoms with Crippen molar-refractivity contribution >= 4 is 38.7 Å². The molecule has 144 valence electrons. The van der Waals surface area contributed by atoms with Crippen LogP contribution in [0.1, 0.15) is 34.3 Å². The van der Waals surface area contributed by atoms with Crippen molar-refractivity contribution in [2.75, 3.05) is 0 Å². The largest absolute Gasteiger partial charge is 0.298 e. The van der Waals surface area contributed by atoms with Crippen molar-refractivity contribution in [3.63, 3.8) is 0 Å². The Morgan fingerprint density at radius 2 is 1.57 bits per heavy atom. The van der Waals surface area contributed by atoms with Crippen LogP contribution in [0.5, 0.6) is 0 Å². The summed E-state index contributed by atoms with van der Waals surface area (Å²) in [6.07, 6.45) is 5.90. The van der Waals surface area contributed by atoms with Gasteiger partial charge in [-0.05, 0) is 76.6 Å². The van der Waals surface area contributed by atoms with Crippen molar-refractivity contribution in [3.05, 3.63) is 89.5 Å². The zero-order valence-electron chi connectivity index (χ0n) is 16.7. The van der Waals surface area contributed by atoms with E-state index in [1.54, 1.807) is 0 Å². The molecule has 1 aromatic heterocycles. The predicted molar refractivity (Wildman–Crippen MR) is 124 cm³/mol. The van der Waals surface area contributed by atoms with Crippen LogP contribution >= 0.6 is 0 Å².